The Labute approximate surface area is 330 Å². The maximum atomic E-state index is 15.6. The SMILES string of the molecule is CC(=O)O[C@@]12CO[C@@H]1C[C@H](C(=O)OCC(Cl)(Cl)Cl)[C@@]1(C)C(=O)[C@H](C(=O)OCC(Cl)(Cl)Cl)C3=C(C)[CH]C[C@@](O)([C@@H](OC(=O)c4ccccc4)[C@H]21)C3(C)C. The lowest BCUT2D eigenvalue weighted by molar-refractivity contribution is -0.338. The van der Waals surface area contributed by atoms with Gasteiger partial charge in [-0.05, 0) is 43.9 Å². The molecule has 1 radical (unpaired) electrons. The molecule has 0 unspecified atom stereocenters. The molecule has 1 N–H and O–H groups in total. The van der Waals surface area contributed by atoms with Crippen molar-refractivity contribution >= 4 is 99.3 Å². The normalized spacial score (nSPS) is 34.0. The summed E-state index contributed by atoms with van der Waals surface area (Å²) >= 11 is 35.6. The van der Waals surface area contributed by atoms with Crippen molar-refractivity contribution in [2.45, 2.75) is 78.5 Å². The Hall–Kier alpha value is -1.83. The van der Waals surface area contributed by atoms with Crippen molar-refractivity contribution < 1.29 is 52.8 Å². The third-order valence-corrected chi connectivity index (χ3v) is 11.7. The predicted molar refractivity (Wildman–Crippen MR) is 191 cm³/mol. The maximum Gasteiger partial charge on any atom is 0.338 e. The monoisotopic (exact) mass is 843 g/mol. The molecule has 1 aromatic carbocycles. The highest BCUT2D eigenvalue weighted by Crippen LogP contribution is 2.66. The van der Waals surface area contributed by atoms with Crippen molar-refractivity contribution in [3.05, 3.63) is 53.5 Å². The van der Waals surface area contributed by atoms with Crippen LogP contribution in [0, 0.1) is 35.0 Å². The molecule has 5 rings (SSSR count). The Morgan fingerprint density at radius 2 is 1.52 bits per heavy atom. The van der Waals surface area contributed by atoms with E-state index in [1.165, 1.54) is 19.1 Å². The van der Waals surface area contributed by atoms with Gasteiger partial charge < -0.3 is 28.8 Å². The second kappa shape index (κ2) is 14.3. The Kier molecular flexibility index (Phi) is 11.4. The van der Waals surface area contributed by atoms with Crippen LogP contribution in [-0.4, -0.2) is 85.6 Å². The van der Waals surface area contributed by atoms with Crippen LogP contribution < -0.4 is 0 Å². The molecule has 4 aliphatic rings. The smallest absolute Gasteiger partial charge is 0.338 e. The van der Waals surface area contributed by atoms with Gasteiger partial charge in [0, 0.05) is 12.3 Å². The van der Waals surface area contributed by atoms with Crippen LogP contribution in [0.3, 0.4) is 0 Å². The summed E-state index contributed by atoms with van der Waals surface area (Å²) in [6.07, 6.45) is -1.61. The van der Waals surface area contributed by atoms with Crippen molar-refractivity contribution in [1.29, 1.82) is 0 Å². The van der Waals surface area contributed by atoms with Crippen LogP contribution in [0.2, 0.25) is 0 Å². The molecule has 2 saturated carbocycles. The van der Waals surface area contributed by atoms with E-state index in [1.807, 2.05) is 0 Å². The van der Waals surface area contributed by atoms with E-state index in [-0.39, 0.29) is 30.6 Å². The van der Waals surface area contributed by atoms with E-state index < -0.39 is 102 Å². The van der Waals surface area contributed by atoms with E-state index in [1.54, 1.807) is 45.4 Å². The first-order valence-corrected chi connectivity index (χ1v) is 18.5. The van der Waals surface area contributed by atoms with Crippen molar-refractivity contribution in [1.82, 2.24) is 0 Å². The lowest BCUT2D eigenvalue weighted by Crippen LogP contribution is -2.81. The third-order valence-electron chi connectivity index (χ3n) is 11.0. The summed E-state index contributed by atoms with van der Waals surface area (Å²) < 4.78 is 25.1. The fraction of sp³-hybridized carbons (Fsp3) is 0.600. The topological polar surface area (TPSA) is 152 Å². The average molecular weight is 846 g/mol. The number of allylic oxidation sites excluding steroid dienone is 1. The molecular weight excluding hydrogens is 809 g/mol. The summed E-state index contributed by atoms with van der Waals surface area (Å²) in [7, 11) is 0. The number of aliphatic hydroxyl groups is 1. The minimum Gasteiger partial charge on any atom is -0.461 e. The maximum absolute atomic E-state index is 15.6. The number of hydrogen-bond donors (Lipinski definition) is 1. The first-order valence-electron chi connectivity index (χ1n) is 16.3. The van der Waals surface area contributed by atoms with E-state index in [4.69, 9.17) is 93.3 Å². The molecule has 3 aliphatic carbocycles. The number of fused-ring (bicyclic) bond motifs is 5. The molecule has 3 fully saturated rings. The number of esters is 4. The highest BCUT2D eigenvalue weighted by molar-refractivity contribution is 6.68. The Morgan fingerprint density at radius 1 is 0.942 bits per heavy atom. The number of Topliss-reactive ketones (excluding diaryl/α,β-unsaturated/α-hetero) is 1. The minimum atomic E-state index is -2.15. The predicted octanol–water partition coefficient (Wildman–Crippen LogP) is 6.26. The van der Waals surface area contributed by atoms with Crippen LogP contribution >= 0.6 is 69.6 Å². The molecule has 1 aliphatic heterocycles. The average Bonchev–Trinajstić information content (AvgIpc) is 3.03. The van der Waals surface area contributed by atoms with Gasteiger partial charge in [-0.15, -0.1) is 0 Å². The molecule has 0 amide bonds. The fourth-order valence-corrected chi connectivity index (χ4v) is 8.91. The second-order valence-electron chi connectivity index (χ2n) is 14.4. The van der Waals surface area contributed by atoms with Gasteiger partial charge in [-0.2, -0.15) is 0 Å². The third kappa shape index (κ3) is 7.18. The minimum absolute atomic E-state index is 0.108. The molecule has 1 saturated heterocycles. The van der Waals surface area contributed by atoms with Crippen LogP contribution in [0.1, 0.15) is 57.8 Å². The fourth-order valence-electron chi connectivity index (χ4n) is 8.59. The van der Waals surface area contributed by atoms with Gasteiger partial charge in [0.1, 0.15) is 36.9 Å². The molecule has 0 spiro atoms. The van der Waals surface area contributed by atoms with Gasteiger partial charge in [-0.25, -0.2) is 4.79 Å². The first-order chi connectivity index (χ1) is 23.9. The Bertz CT molecular complexity index is 1670. The molecule has 0 aromatic heterocycles. The van der Waals surface area contributed by atoms with Gasteiger partial charge in [0.25, 0.3) is 0 Å². The largest absolute Gasteiger partial charge is 0.461 e. The van der Waals surface area contributed by atoms with Gasteiger partial charge in [0.15, 0.2) is 11.4 Å². The number of ether oxygens (including phenoxy) is 5. The lowest BCUT2D eigenvalue weighted by Gasteiger charge is -2.67. The number of carbonyl (C=O) groups excluding carboxylic acids is 5. The van der Waals surface area contributed by atoms with Crippen LogP contribution in [-0.2, 0) is 42.9 Å². The van der Waals surface area contributed by atoms with Crippen LogP contribution in [0.25, 0.3) is 0 Å². The van der Waals surface area contributed by atoms with E-state index in [9.17, 15) is 24.3 Å². The first kappa shape index (κ1) is 41.3. The molecule has 2 bridgehead atoms. The van der Waals surface area contributed by atoms with Crippen molar-refractivity contribution in [3.8, 4) is 0 Å². The van der Waals surface area contributed by atoms with Crippen molar-refractivity contribution in [2.24, 2.45) is 28.6 Å². The Morgan fingerprint density at radius 3 is 2.04 bits per heavy atom. The highest BCUT2D eigenvalue weighted by atomic mass is 35.6. The quantitative estimate of drug-likeness (QED) is 0.143. The molecule has 52 heavy (non-hydrogen) atoms. The number of carbonyl (C=O) groups is 5. The standard InChI is InChI=1S/C35H37Cl6O11/c1-17-11-12-33(47)26(51-27(44)19-9-7-6-8-10-19)24-31(5,25(43)22(23(17)30(33,3)4)29(46)50-16-35(39,40)41)20(28(45)49-15-34(36,37)38)13-21-32(24,14-48-21)52-18(2)42/h6-11,20-22,24,26,47H,12-16H2,1-5H3/t20-,21-,22-,24+,26+,31-,32+,33-/m1/s1. The number of hydrogen-bond acceptors (Lipinski definition) is 11. The summed E-state index contributed by atoms with van der Waals surface area (Å²) in [5.41, 5.74) is -6.94. The zero-order valence-corrected chi connectivity index (χ0v) is 33.2. The summed E-state index contributed by atoms with van der Waals surface area (Å²) in [6, 6.07) is 7.91. The van der Waals surface area contributed by atoms with Gasteiger partial charge >= 0.3 is 23.9 Å². The number of rotatable bonds is 7. The molecule has 17 heteroatoms. The molecule has 11 nitrogen and oxygen atoms in total. The Balaban J connectivity index is 1.83. The second-order valence-corrected chi connectivity index (χ2v) is 19.4. The van der Waals surface area contributed by atoms with Crippen LogP contribution in [0.5, 0.6) is 0 Å². The van der Waals surface area contributed by atoms with E-state index in [0.29, 0.717) is 5.57 Å². The lowest BCUT2D eigenvalue weighted by atomic mass is 9.42. The molecule has 1 heterocycles. The van der Waals surface area contributed by atoms with Crippen LogP contribution in [0.15, 0.2) is 41.5 Å². The van der Waals surface area contributed by atoms with Gasteiger partial charge in [-0.3, -0.25) is 19.2 Å². The van der Waals surface area contributed by atoms with Gasteiger partial charge in [-0.1, -0.05) is 114 Å². The van der Waals surface area contributed by atoms with Gasteiger partial charge in [0.2, 0.25) is 7.59 Å². The molecule has 285 valence electrons. The summed E-state index contributed by atoms with van der Waals surface area (Å²) in [6.45, 7) is 5.57. The van der Waals surface area contributed by atoms with Crippen molar-refractivity contribution in [3.63, 3.8) is 0 Å². The molecular formula is C35H37Cl6O11. The zero-order chi connectivity index (χ0) is 38.8. The number of benzene rings is 1. The molecule has 8 atom stereocenters. The van der Waals surface area contributed by atoms with E-state index >= 15 is 4.79 Å². The highest BCUT2D eigenvalue weighted by Gasteiger charge is 2.79. The number of halogens is 6. The summed E-state index contributed by atoms with van der Waals surface area (Å²) in [4.78, 5) is 71.0. The van der Waals surface area contributed by atoms with Gasteiger partial charge in [0.05, 0.1) is 29.4 Å². The molecule has 1 aromatic rings. The number of alkyl halides is 6. The number of ketones is 1. The van der Waals surface area contributed by atoms with E-state index in [0.717, 1.165) is 6.92 Å². The zero-order valence-electron chi connectivity index (χ0n) is 28.7. The van der Waals surface area contributed by atoms with E-state index in [2.05, 4.69) is 0 Å². The van der Waals surface area contributed by atoms with Crippen molar-refractivity contribution in [2.75, 3.05) is 19.8 Å². The summed E-state index contributed by atoms with van der Waals surface area (Å²) in [5.74, 6) is -9.63. The summed E-state index contributed by atoms with van der Waals surface area (Å²) in [5, 5.41) is 13.2. The van der Waals surface area contributed by atoms with Crippen LogP contribution in [0.4, 0.5) is 0 Å².